The summed E-state index contributed by atoms with van der Waals surface area (Å²) in [4.78, 5) is 11.4. The van der Waals surface area contributed by atoms with Gasteiger partial charge in [-0.3, -0.25) is 4.79 Å². The first-order valence-corrected chi connectivity index (χ1v) is 6.20. The molecule has 0 spiro atoms. The van der Waals surface area contributed by atoms with E-state index in [9.17, 15) is 4.79 Å². The number of hydrogen-bond donors (Lipinski definition) is 1. The monoisotopic (exact) mass is 241 g/mol. The maximum atomic E-state index is 11.4. The van der Waals surface area contributed by atoms with E-state index in [-0.39, 0.29) is 12.0 Å². The number of fused-ring (bicyclic) bond motifs is 1. The average Bonchev–Trinajstić information content (AvgIpc) is 3.23. The van der Waals surface area contributed by atoms with E-state index < -0.39 is 0 Å². The van der Waals surface area contributed by atoms with Crippen LogP contribution >= 0.6 is 0 Å². The Labute approximate surface area is 106 Å². The lowest BCUT2D eigenvalue weighted by Crippen LogP contribution is -2.29. The Kier molecular flexibility index (Phi) is 2.99. The van der Waals surface area contributed by atoms with E-state index >= 15 is 0 Å². The molecular weight excluding hydrogens is 226 g/mol. The molecule has 1 unspecified atom stereocenters. The lowest BCUT2D eigenvalue weighted by atomic mass is 10.0. The summed E-state index contributed by atoms with van der Waals surface area (Å²) >= 11 is 0. The smallest absolute Gasteiger partial charge is 0.251 e. The molecule has 18 heavy (non-hydrogen) atoms. The summed E-state index contributed by atoms with van der Waals surface area (Å²) in [7, 11) is 0. The summed E-state index contributed by atoms with van der Waals surface area (Å²) in [6, 6.07) is 14.6. The molecule has 1 atom stereocenters. The van der Waals surface area contributed by atoms with Crippen molar-refractivity contribution in [2.24, 2.45) is 0 Å². The third-order valence-corrected chi connectivity index (χ3v) is 3.20. The Hall–Kier alpha value is -1.87. The summed E-state index contributed by atoms with van der Waals surface area (Å²) in [5.74, 6) is 0.00948. The van der Waals surface area contributed by atoms with E-state index in [0.717, 1.165) is 6.42 Å². The average molecular weight is 241 g/mol. The van der Waals surface area contributed by atoms with Gasteiger partial charge in [-0.15, -0.1) is 0 Å². The predicted molar refractivity (Wildman–Crippen MR) is 70.4 cm³/mol. The molecule has 3 rings (SSSR count). The Morgan fingerprint density at radius 3 is 2.83 bits per heavy atom. The van der Waals surface area contributed by atoms with Crippen LogP contribution in [0.2, 0.25) is 0 Å². The maximum Gasteiger partial charge on any atom is 0.251 e. The molecule has 1 heterocycles. The number of benzene rings is 2. The molecule has 2 aromatic rings. The number of rotatable bonds is 4. The van der Waals surface area contributed by atoms with Gasteiger partial charge in [0.05, 0.1) is 6.61 Å². The van der Waals surface area contributed by atoms with Crippen LogP contribution in [0.5, 0.6) is 0 Å². The molecule has 1 aliphatic rings. The van der Waals surface area contributed by atoms with Gasteiger partial charge in [-0.1, -0.05) is 42.5 Å². The van der Waals surface area contributed by atoms with Gasteiger partial charge in [-0.25, -0.2) is 0 Å². The highest BCUT2D eigenvalue weighted by Crippen LogP contribution is 2.18. The fourth-order valence-electron chi connectivity index (χ4n) is 2.14. The highest BCUT2D eigenvalue weighted by molar-refractivity contribution is 5.86. The summed E-state index contributed by atoms with van der Waals surface area (Å²) in [5, 5.41) is 5.40. The normalized spacial score (nSPS) is 17.7. The molecule has 3 nitrogen and oxygen atoms in total. The van der Waals surface area contributed by atoms with E-state index in [1.54, 1.807) is 0 Å². The lowest BCUT2D eigenvalue weighted by Gasteiger charge is -2.07. The molecule has 1 fully saturated rings. The van der Waals surface area contributed by atoms with Crippen LogP contribution in [0.15, 0.2) is 42.5 Å². The fourth-order valence-corrected chi connectivity index (χ4v) is 2.14. The first-order chi connectivity index (χ1) is 8.84. The molecular formula is C15H15NO2. The summed E-state index contributed by atoms with van der Waals surface area (Å²) < 4.78 is 4.93. The van der Waals surface area contributed by atoms with Crippen molar-refractivity contribution in [1.82, 2.24) is 5.32 Å². The molecule has 1 amide bonds. The van der Waals surface area contributed by atoms with Crippen molar-refractivity contribution in [3.05, 3.63) is 48.0 Å². The molecule has 0 radical (unpaired) electrons. The van der Waals surface area contributed by atoms with E-state index in [1.165, 1.54) is 16.3 Å². The Morgan fingerprint density at radius 2 is 2.00 bits per heavy atom. The zero-order valence-corrected chi connectivity index (χ0v) is 10.1. The van der Waals surface area contributed by atoms with Gasteiger partial charge in [0, 0.05) is 6.54 Å². The molecule has 0 bridgehead atoms. The minimum Gasteiger partial charge on any atom is -0.363 e. The van der Waals surface area contributed by atoms with Gasteiger partial charge in [-0.2, -0.15) is 0 Å². The molecule has 3 heteroatoms. The van der Waals surface area contributed by atoms with Gasteiger partial charge in [0.2, 0.25) is 0 Å². The van der Waals surface area contributed by atoms with Crippen molar-refractivity contribution in [2.45, 2.75) is 12.5 Å². The van der Waals surface area contributed by atoms with Crippen LogP contribution in [0.1, 0.15) is 5.56 Å². The number of carbonyl (C=O) groups excluding carboxylic acids is 1. The van der Waals surface area contributed by atoms with Gasteiger partial charge in [0.1, 0.15) is 0 Å². The predicted octanol–water partition coefficient (Wildman–Crippen LogP) is 1.90. The van der Waals surface area contributed by atoms with E-state index in [0.29, 0.717) is 13.2 Å². The van der Waals surface area contributed by atoms with E-state index in [2.05, 4.69) is 35.6 Å². The SMILES string of the molecule is O=C(NCCc1cccc2ccccc12)C1CO1. The van der Waals surface area contributed by atoms with Crippen molar-refractivity contribution >= 4 is 16.7 Å². The van der Waals surface area contributed by atoms with Gasteiger partial charge in [0.15, 0.2) is 6.10 Å². The third kappa shape index (κ3) is 2.36. The van der Waals surface area contributed by atoms with Crippen LogP contribution in [0, 0.1) is 0 Å². The molecule has 0 saturated carbocycles. The highest BCUT2D eigenvalue weighted by atomic mass is 16.6. The largest absolute Gasteiger partial charge is 0.363 e. The minimum absolute atomic E-state index is 0.00948. The standard InChI is InChI=1S/C15H15NO2/c17-15(14-10-18-14)16-9-8-12-6-3-5-11-4-1-2-7-13(11)12/h1-7,14H,8-10H2,(H,16,17). The molecule has 0 aromatic heterocycles. The Bertz CT molecular complexity index is 570. The summed E-state index contributed by atoms with van der Waals surface area (Å²) in [5.41, 5.74) is 1.27. The van der Waals surface area contributed by atoms with Crippen LogP contribution in [0.3, 0.4) is 0 Å². The number of ether oxygens (including phenoxy) is 1. The molecule has 1 saturated heterocycles. The van der Waals surface area contributed by atoms with Gasteiger partial charge >= 0.3 is 0 Å². The first kappa shape index (κ1) is 11.2. The van der Waals surface area contributed by atoms with Crippen molar-refractivity contribution in [3.63, 3.8) is 0 Å². The minimum atomic E-state index is -0.197. The van der Waals surface area contributed by atoms with Gasteiger partial charge in [-0.05, 0) is 22.8 Å². The second-order valence-corrected chi connectivity index (χ2v) is 4.50. The highest BCUT2D eigenvalue weighted by Gasteiger charge is 2.30. The first-order valence-electron chi connectivity index (χ1n) is 6.20. The number of epoxide rings is 1. The van der Waals surface area contributed by atoms with Gasteiger partial charge in [0.25, 0.3) is 5.91 Å². The van der Waals surface area contributed by atoms with Crippen molar-refractivity contribution in [2.75, 3.05) is 13.2 Å². The third-order valence-electron chi connectivity index (χ3n) is 3.20. The van der Waals surface area contributed by atoms with Crippen LogP contribution in [0.25, 0.3) is 10.8 Å². The Balaban J connectivity index is 1.68. The number of nitrogens with one attached hydrogen (secondary N) is 1. The lowest BCUT2D eigenvalue weighted by molar-refractivity contribution is -0.122. The molecule has 2 aromatic carbocycles. The van der Waals surface area contributed by atoms with Crippen molar-refractivity contribution in [1.29, 1.82) is 0 Å². The number of amides is 1. The van der Waals surface area contributed by atoms with E-state index in [1.807, 2.05) is 12.1 Å². The number of hydrogen-bond acceptors (Lipinski definition) is 2. The van der Waals surface area contributed by atoms with Gasteiger partial charge < -0.3 is 10.1 Å². The molecule has 1 aliphatic heterocycles. The fraction of sp³-hybridized carbons (Fsp3) is 0.267. The van der Waals surface area contributed by atoms with Crippen LogP contribution in [-0.4, -0.2) is 25.2 Å². The van der Waals surface area contributed by atoms with Crippen molar-refractivity contribution < 1.29 is 9.53 Å². The summed E-state index contributed by atoms with van der Waals surface area (Å²) in [6.45, 7) is 1.23. The zero-order valence-electron chi connectivity index (χ0n) is 10.1. The molecule has 1 N–H and O–H groups in total. The van der Waals surface area contributed by atoms with E-state index in [4.69, 9.17) is 4.74 Å². The maximum absolute atomic E-state index is 11.4. The summed E-state index contributed by atoms with van der Waals surface area (Å²) in [6.07, 6.45) is 0.650. The Morgan fingerprint density at radius 1 is 1.22 bits per heavy atom. The molecule has 92 valence electrons. The van der Waals surface area contributed by atoms with Crippen LogP contribution in [-0.2, 0) is 16.0 Å². The second-order valence-electron chi connectivity index (χ2n) is 4.50. The number of carbonyl (C=O) groups is 1. The van der Waals surface area contributed by atoms with Crippen molar-refractivity contribution in [3.8, 4) is 0 Å². The zero-order chi connectivity index (χ0) is 12.4. The molecule has 0 aliphatic carbocycles. The topological polar surface area (TPSA) is 41.6 Å². The van der Waals surface area contributed by atoms with Crippen LogP contribution in [0.4, 0.5) is 0 Å². The second kappa shape index (κ2) is 4.78. The van der Waals surface area contributed by atoms with Crippen LogP contribution < -0.4 is 5.32 Å². The quantitative estimate of drug-likeness (QED) is 0.831.